The summed E-state index contributed by atoms with van der Waals surface area (Å²) in [7, 11) is 0. The Morgan fingerprint density at radius 3 is 2.25 bits per heavy atom. The highest BCUT2D eigenvalue weighted by Gasteiger charge is 2.50. The number of nitrogens with zero attached hydrogens (tertiary/aromatic N) is 2. The number of likely N-dealkylation sites (tertiary alicyclic amines) is 1. The lowest BCUT2D eigenvalue weighted by atomic mass is 9.62. The quantitative estimate of drug-likeness (QED) is 0.680. The summed E-state index contributed by atoms with van der Waals surface area (Å²) < 4.78 is 0. The Bertz CT molecular complexity index is 304. The highest BCUT2D eigenvalue weighted by atomic mass is 16.2. The fraction of sp³-hybridized carbons (Fsp3) is 0.846. The maximum atomic E-state index is 12.3. The number of nitriles is 1. The summed E-state index contributed by atoms with van der Waals surface area (Å²) in [5.74, 6) is 0.644. The molecule has 0 aromatic carbocycles. The predicted octanol–water partition coefficient (Wildman–Crippen LogP) is 2.33. The van der Waals surface area contributed by atoms with Gasteiger partial charge in [-0.25, -0.2) is 0 Å². The van der Waals surface area contributed by atoms with Crippen molar-refractivity contribution in [3.05, 3.63) is 0 Å². The van der Waals surface area contributed by atoms with Gasteiger partial charge in [-0.3, -0.25) is 4.79 Å². The van der Waals surface area contributed by atoms with Crippen LogP contribution < -0.4 is 0 Å². The second-order valence-electron chi connectivity index (χ2n) is 5.41. The average molecular weight is 220 g/mol. The van der Waals surface area contributed by atoms with Crippen molar-refractivity contribution < 1.29 is 4.79 Å². The summed E-state index contributed by atoms with van der Waals surface area (Å²) in [4.78, 5) is 14.3. The van der Waals surface area contributed by atoms with Crippen LogP contribution in [0.3, 0.4) is 0 Å². The fourth-order valence-corrected chi connectivity index (χ4v) is 3.02. The van der Waals surface area contributed by atoms with E-state index in [1.54, 1.807) is 0 Å². The van der Waals surface area contributed by atoms with E-state index in [1.807, 2.05) is 4.90 Å². The topological polar surface area (TPSA) is 44.1 Å². The minimum Gasteiger partial charge on any atom is -0.341 e. The van der Waals surface area contributed by atoms with Crippen molar-refractivity contribution in [3.8, 4) is 6.07 Å². The Hall–Kier alpha value is -1.04. The summed E-state index contributed by atoms with van der Waals surface area (Å²) in [5, 5.41) is 9.23. The van der Waals surface area contributed by atoms with Crippen LogP contribution in [0.5, 0.6) is 0 Å². The number of hydrogen-bond acceptors (Lipinski definition) is 2. The standard InChI is InChI=1S/C13H20N2O/c1-11-8-13(9-11,10-14)12(16)15-6-4-2-3-5-7-15/h11H,2-9H2,1H3. The summed E-state index contributed by atoms with van der Waals surface area (Å²) >= 11 is 0. The first-order valence-corrected chi connectivity index (χ1v) is 6.38. The normalized spacial score (nSPS) is 34.8. The van der Waals surface area contributed by atoms with Crippen molar-refractivity contribution in [2.75, 3.05) is 13.1 Å². The van der Waals surface area contributed by atoms with Crippen LogP contribution in [0.1, 0.15) is 45.4 Å². The molecular weight excluding hydrogens is 200 g/mol. The van der Waals surface area contributed by atoms with Gasteiger partial charge in [0, 0.05) is 13.1 Å². The molecule has 1 aliphatic carbocycles. The van der Waals surface area contributed by atoms with E-state index in [4.69, 9.17) is 0 Å². The summed E-state index contributed by atoms with van der Waals surface area (Å²) in [5.41, 5.74) is -0.663. The van der Waals surface area contributed by atoms with E-state index in [-0.39, 0.29) is 5.91 Å². The average Bonchev–Trinajstić information content (AvgIpc) is 2.52. The van der Waals surface area contributed by atoms with Crippen LogP contribution in [0.4, 0.5) is 0 Å². The number of hydrogen-bond donors (Lipinski definition) is 0. The molecule has 1 aliphatic heterocycles. The zero-order valence-corrected chi connectivity index (χ0v) is 10.0. The molecule has 1 heterocycles. The Balaban J connectivity index is 2.03. The van der Waals surface area contributed by atoms with Crippen molar-refractivity contribution >= 4 is 5.91 Å². The Kier molecular flexibility index (Phi) is 3.18. The van der Waals surface area contributed by atoms with E-state index in [2.05, 4.69) is 13.0 Å². The second kappa shape index (κ2) is 4.45. The van der Waals surface area contributed by atoms with Crippen LogP contribution in [-0.2, 0) is 4.79 Å². The van der Waals surface area contributed by atoms with Gasteiger partial charge in [0.2, 0.25) is 5.91 Å². The molecule has 0 aromatic rings. The third kappa shape index (κ3) is 1.93. The van der Waals surface area contributed by atoms with E-state index in [0.29, 0.717) is 5.92 Å². The molecule has 16 heavy (non-hydrogen) atoms. The molecule has 0 bridgehead atoms. The second-order valence-corrected chi connectivity index (χ2v) is 5.41. The van der Waals surface area contributed by atoms with E-state index < -0.39 is 5.41 Å². The van der Waals surface area contributed by atoms with Gasteiger partial charge in [-0.1, -0.05) is 19.8 Å². The zero-order valence-electron chi connectivity index (χ0n) is 10.0. The van der Waals surface area contributed by atoms with E-state index in [0.717, 1.165) is 38.8 Å². The number of carbonyl (C=O) groups excluding carboxylic acids is 1. The smallest absolute Gasteiger partial charge is 0.243 e. The molecule has 0 spiro atoms. The van der Waals surface area contributed by atoms with Gasteiger partial charge in [0.05, 0.1) is 6.07 Å². The van der Waals surface area contributed by atoms with Gasteiger partial charge in [-0.05, 0) is 31.6 Å². The third-order valence-corrected chi connectivity index (χ3v) is 3.91. The lowest BCUT2D eigenvalue weighted by molar-refractivity contribution is -0.145. The number of amides is 1. The molecule has 88 valence electrons. The maximum absolute atomic E-state index is 12.3. The molecule has 1 amide bonds. The van der Waals surface area contributed by atoms with Crippen molar-refractivity contribution in [2.24, 2.45) is 11.3 Å². The van der Waals surface area contributed by atoms with Crippen molar-refractivity contribution in [3.63, 3.8) is 0 Å². The van der Waals surface area contributed by atoms with E-state index >= 15 is 0 Å². The van der Waals surface area contributed by atoms with Crippen molar-refractivity contribution in [1.82, 2.24) is 4.90 Å². The van der Waals surface area contributed by atoms with E-state index in [1.165, 1.54) is 12.8 Å². The molecule has 1 saturated carbocycles. The third-order valence-electron chi connectivity index (χ3n) is 3.91. The van der Waals surface area contributed by atoms with Crippen LogP contribution in [0.25, 0.3) is 0 Å². The molecule has 1 saturated heterocycles. The molecule has 2 aliphatic rings. The molecule has 0 unspecified atom stereocenters. The Morgan fingerprint density at radius 2 is 1.81 bits per heavy atom. The monoisotopic (exact) mass is 220 g/mol. The Labute approximate surface area is 97.4 Å². The minimum atomic E-state index is -0.663. The fourth-order valence-electron chi connectivity index (χ4n) is 3.02. The van der Waals surface area contributed by atoms with E-state index in [9.17, 15) is 10.1 Å². The maximum Gasteiger partial charge on any atom is 0.243 e. The van der Waals surface area contributed by atoms with Gasteiger partial charge in [0.1, 0.15) is 5.41 Å². The lowest BCUT2D eigenvalue weighted by Gasteiger charge is -2.42. The summed E-state index contributed by atoms with van der Waals surface area (Å²) in [6, 6.07) is 2.27. The zero-order chi connectivity index (χ0) is 11.6. The van der Waals surface area contributed by atoms with Crippen molar-refractivity contribution in [2.45, 2.75) is 45.4 Å². The van der Waals surface area contributed by atoms with Crippen LogP contribution in [-0.4, -0.2) is 23.9 Å². The number of rotatable bonds is 1. The van der Waals surface area contributed by atoms with Gasteiger partial charge in [-0.2, -0.15) is 5.26 Å². The molecule has 3 nitrogen and oxygen atoms in total. The summed E-state index contributed by atoms with van der Waals surface area (Å²) in [6.07, 6.45) is 6.17. The van der Waals surface area contributed by atoms with Crippen LogP contribution >= 0.6 is 0 Å². The lowest BCUT2D eigenvalue weighted by Crippen LogP contribution is -2.50. The highest BCUT2D eigenvalue weighted by Crippen LogP contribution is 2.46. The first-order valence-electron chi connectivity index (χ1n) is 6.38. The molecule has 0 atom stereocenters. The van der Waals surface area contributed by atoms with Gasteiger partial charge in [0.25, 0.3) is 0 Å². The minimum absolute atomic E-state index is 0.106. The van der Waals surface area contributed by atoms with Crippen LogP contribution in [0, 0.1) is 22.7 Å². The number of carbonyl (C=O) groups is 1. The highest BCUT2D eigenvalue weighted by molar-refractivity contribution is 5.86. The van der Waals surface area contributed by atoms with Gasteiger partial charge < -0.3 is 4.90 Å². The molecule has 0 radical (unpaired) electrons. The summed E-state index contributed by atoms with van der Waals surface area (Å²) in [6.45, 7) is 3.83. The van der Waals surface area contributed by atoms with Crippen LogP contribution in [0.15, 0.2) is 0 Å². The molecular formula is C13H20N2O. The molecule has 0 aromatic heterocycles. The largest absolute Gasteiger partial charge is 0.341 e. The van der Waals surface area contributed by atoms with Crippen LogP contribution in [0.2, 0.25) is 0 Å². The molecule has 2 rings (SSSR count). The first-order chi connectivity index (χ1) is 7.68. The van der Waals surface area contributed by atoms with Crippen molar-refractivity contribution in [1.29, 1.82) is 5.26 Å². The molecule has 0 N–H and O–H groups in total. The predicted molar refractivity (Wildman–Crippen MR) is 61.5 cm³/mol. The van der Waals surface area contributed by atoms with Gasteiger partial charge in [-0.15, -0.1) is 0 Å². The van der Waals surface area contributed by atoms with Gasteiger partial charge >= 0.3 is 0 Å². The molecule has 2 fully saturated rings. The Morgan fingerprint density at radius 1 is 1.25 bits per heavy atom. The van der Waals surface area contributed by atoms with Gasteiger partial charge in [0.15, 0.2) is 0 Å². The molecule has 3 heteroatoms. The SMILES string of the molecule is CC1CC(C#N)(C(=O)N2CCCCCC2)C1. The first kappa shape index (κ1) is 11.4.